The topological polar surface area (TPSA) is 55.8 Å². The van der Waals surface area contributed by atoms with Crippen molar-refractivity contribution in [1.29, 1.82) is 0 Å². The van der Waals surface area contributed by atoms with Crippen LogP contribution in [0.2, 0.25) is 0 Å². The first-order chi connectivity index (χ1) is 9.65. The summed E-state index contributed by atoms with van der Waals surface area (Å²) in [6, 6.07) is 9.78. The molecule has 0 aromatic heterocycles. The standard InChI is InChI=1S/C15H21NO4/c1-3-20-14(17)9-10-16(12-15(18)19-2)11-13-7-5-4-6-8-13/h4-8H,3,9-12H2,1-2H3. The highest BCUT2D eigenvalue weighted by molar-refractivity contribution is 5.72. The lowest BCUT2D eigenvalue weighted by molar-refractivity contribution is -0.146. The molecule has 0 N–H and O–H groups in total. The van der Waals surface area contributed by atoms with E-state index in [1.54, 1.807) is 6.92 Å². The molecule has 1 aromatic rings. The van der Waals surface area contributed by atoms with Gasteiger partial charge in [0.05, 0.1) is 26.7 Å². The molecule has 1 rings (SSSR count). The fourth-order valence-corrected chi connectivity index (χ4v) is 1.79. The van der Waals surface area contributed by atoms with E-state index in [1.807, 2.05) is 35.2 Å². The van der Waals surface area contributed by atoms with Crippen molar-refractivity contribution in [2.24, 2.45) is 0 Å². The molecule has 110 valence electrons. The van der Waals surface area contributed by atoms with E-state index in [-0.39, 0.29) is 24.9 Å². The lowest BCUT2D eigenvalue weighted by atomic mass is 10.2. The van der Waals surface area contributed by atoms with Crippen LogP contribution in [0.25, 0.3) is 0 Å². The Morgan fingerprint density at radius 1 is 1.15 bits per heavy atom. The molecule has 0 spiro atoms. The van der Waals surface area contributed by atoms with E-state index in [4.69, 9.17) is 4.74 Å². The number of hydrogen-bond acceptors (Lipinski definition) is 5. The maximum absolute atomic E-state index is 11.4. The summed E-state index contributed by atoms with van der Waals surface area (Å²) in [5.74, 6) is -0.569. The highest BCUT2D eigenvalue weighted by Crippen LogP contribution is 2.05. The van der Waals surface area contributed by atoms with Gasteiger partial charge in [0.25, 0.3) is 0 Å². The van der Waals surface area contributed by atoms with Crippen LogP contribution in [0.4, 0.5) is 0 Å². The second kappa shape index (κ2) is 9.09. The number of benzene rings is 1. The largest absolute Gasteiger partial charge is 0.468 e. The van der Waals surface area contributed by atoms with Gasteiger partial charge in [-0.1, -0.05) is 30.3 Å². The SMILES string of the molecule is CCOC(=O)CCN(CC(=O)OC)Cc1ccccc1. The normalized spacial score (nSPS) is 10.3. The van der Waals surface area contributed by atoms with Crippen LogP contribution >= 0.6 is 0 Å². The summed E-state index contributed by atoms with van der Waals surface area (Å²) in [7, 11) is 1.36. The maximum Gasteiger partial charge on any atom is 0.319 e. The van der Waals surface area contributed by atoms with Crippen LogP contribution in [-0.4, -0.2) is 43.6 Å². The fourth-order valence-electron chi connectivity index (χ4n) is 1.79. The summed E-state index contributed by atoms with van der Waals surface area (Å²) >= 11 is 0. The zero-order chi connectivity index (χ0) is 14.8. The maximum atomic E-state index is 11.4. The van der Waals surface area contributed by atoms with Gasteiger partial charge in [-0.15, -0.1) is 0 Å². The molecule has 0 saturated heterocycles. The molecule has 0 aliphatic rings. The number of methoxy groups -OCH3 is 1. The van der Waals surface area contributed by atoms with Crippen LogP contribution in [0, 0.1) is 0 Å². The molecule has 0 heterocycles. The van der Waals surface area contributed by atoms with Crippen LogP contribution in [0.15, 0.2) is 30.3 Å². The summed E-state index contributed by atoms with van der Waals surface area (Å²) in [6.07, 6.45) is 0.262. The van der Waals surface area contributed by atoms with Gasteiger partial charge < -0.3 is 9.47 Å². The first-order valence-electron chi connectivity index (χ1n) is 6.64. The van der Waals surface area contributed by atoms with Crippen molar-refractivity contribution in [1.82, 2.24) is 4.90 Å². The van der Waals surface area contributed by atoms with Crippen molar-refractivity contribution in [3.05, 3.63) is 35.9 Å². The van der Waals surface area contributed by atoms with E-state index in [9.17, 15) is 9.59 Å². The molecule has 20 heavy (non-hydrogen) atoms. The Morgan fingerprint density at radius 2 is 1.85 bits per heavy atom. The third-order valence-electron chi connectivity index (χ3n) is 2.77. The third kappa shape index (κ3) is 6.33. The van der Waals surface area contributed by atoms with Gasteiger partial charge >= 0.3 is 11.9 Å². The van der Waals surface area contributed by atoms with E-state index in [2.05, 4.69) is 4.74 Å². The molecule has 0 fully saturated rings. The van der Waals surface area contributed by atoms with E-state index in [0.717, 1.165) is 5.56 Å². The second-order valence-electron chi connectivity index (χ2n) is 4.33. The van der Waals surface area contributed by atoms with Gasteiger partial charge in [-0.2, -0.15) is 0 Å². The first kappa shape index (κ1) is 16.2. The summed E-state index contributed by atoms with van der Waals surface area (Å²) in [5, 5.41) is 0. The van der Waals surface area contributed by atoms with Crippen molar-refractivity contribution in [3.63, 3.8) is 0 Å². The Morgan fingerprint density at radius 3 is 2.45 bits per heavy atom. The Hall–Kier alpha value is -1.88. The van der Waals surface area contributed by atoms with Crippen molar-refractivity contribution < 1.29 is 19.1 Å². The Kier molecular flexibility index (Phi) is 7.35. The fraction of sp³-hybridized carbons (Fsp3) is 0.467. The smallest absolute Gasteiger partial charge is 0.319 e. The van der Waals surface area contributed by atoms with Crippen LogP contribution in [0.3, 0.4) is 0 Å². The van der Waals surface area contributed by atoms with Crippen LogP contribution in [0.1, 0.15) is 18.9 Å². The summed E-state index contributed by atoms with van der Waals surface area (Å²) < 4.78 is 9.57. The van der Waals surface area contributed by atoms with Crippen molar-refractivity contribution >= 4 is 11.9 Å². The predicted molar refractivity (Wildman–Crippen MR) is 75.0 cm³/mol. The zero-order valence-corrected chi connectivity index (χ0v) is 12.0. The van der Waals surface area contributed by atoms with Gasteiger partial charge in [-0.25, -0.2) is 0 Å². The number of carbonyl (C=O) groups excluding carboxylic acids is 2. The molecule has 0 amide bonds. The molecule has 0 saturated carbocycles. The first-order valence-corrected chi connectivity index (χ1v) is 6.64. The number of carbonyl (C=O) groups is 2. The highest BCUT2D eigenvalue weighted by atomic mass is 16.5. The number of ether oxygens (including phenoxy) is 2. The highest BCUT2D eigenvalue weighted by Gasteiger charge is 2.13. The Balaban J connectivity index is 2.55. The number of nitrogens with zero attached hydrogens (tertiary/aromatic N) is 1. The third-order valence-corrected chi connectivity index (χ3v) is 2.77. The number of rotatable bonds is 8. The predicted octanol–water partition coefficient (Wildman–Crippen LogP) is 1.61. The molecule has 1 aromatic carbocycles. The molecule has 0 atom stereocenters. The molecule has 0 unspecified atom stereocenters. The lowest BCUT2D eigenvalue weighted by Crippen LogP contribution is -2.32. The second-order valence-corrected chi connectivity index (χ2v) is 4.33. The van der Waals surface area contributed by atoms with Gasteiger partial charge in [-0.05, 0) is 12.5 Å². The lowest BCUT2D eigenvalue weighted by Gasteiger charge is -2.20. The number of hydrogen-bond donors (Lipinski definition) is 0. The van der Waals surface area contributed by atoms with Gasteiger partial charge in [-0.3, -0.25) is 14.5 Å². The minimum Gasteiger partial charge on any atom is -0.468 e. The molecule has 0 aliphatic heterocycles. The average Bonchev–Trinajstić information content (AvgIpc) is 2.46. The molecular weight excluding hydrogens is 258 g/mol. The van der Waals surface area contributed by atoms with E-state index < -0.39 is 0 Å². The summed E-state index contributed by atoms with van der Waals surface area (Å²) in [4.78, 5) is 24.7. The van der Waals surface area contributed by atoms with Crippen molar-refractivity contribution in [2.45, 2.75) is 19.9 Å². The van der Waals surface area contributed by atoms with E-state index >= 15 is 0 Å². The molecule has 5 nitrogen and oxygen atoms in total. The van der Waals surface area contributed by atoms with Gasteiger partial charge in [0.1, 0.15) is 0 Å². The van der Waals surface area contributed by atoms with Crippen molar-refractivity contribution in [2.75, 3.05) is 26.8 Å². The Bertz CT molecular complexity index is 419. The van der Waals surface area contributed by atoms with Crippen LogP contribution in [0.5, 0.6) is 0 Å². The Labute approximate surface area is 119 Å². The molecule has 5 heteroatoms. The average molecular weight is 279 g/mol. The molecule has 0 aliphatic carbocycles. The quantitative estimate of drug-likeness (QED) is 0.677. The molecule has 0 bridgehead atoms. The van der Waals surface area contributed by atoms with E-state index in [1.165, 1.54) is 7.11 Å². The van der Waals surface area contributed by atoms with E-state index in [0.29, 0.717) is 19.7 Å². The van der Waals surface area contributed by atoms with Gasteiger partial charge in [0.15, 0.2) is 0 Å². The van der Waals surface area contributed by atoms with Crippen LogP contribution in [-0.2, 0) is 25.6 Å². The molecule has 0 radical (unpaired) electrons. The molecular formula is C15H21NO4. The van der Waals surface area contributed by atoms with Crippen LogP contribution < -0.4 is 0 Å². The minimum absolute atomic E-state index is 0.158. The monoisotopic (exact) mass is 279 g/mol. The summed E-state index contributed by atoms with van der Waals surface area (Å²) in [6.45, 7) is 3.35. The summed E-state index contributed by atoms with van der Waals surface area (Å²) in [5.41, 5.74) is 1.08. The van der Waals surface area contributed by atoms with Crippen molar-refractivity contribution in [3.8, 4) is 0 Å². The zero-order valence-electron chi connectivity index (χ0n) is 12.0. The van der Waals surface area contributed by atoms with Gasteiger partial charge in [0.2, 0.25) is 0 Å². The minimum atomic E-state index is -0.315. The van der Waals surface area contributed by atoms with Gasteiger partial charge in [0, 0.05) is 13.1 Å². The number of esters is 2.